The van der Waals surface area contributed by atoms with Crippen LogP contribution in [0.3, 0.4) is 0 Å². The lowest BCUT2D eigenvalue weighted by atomic mass is 10.0. The average Bonchev–Trinajstić information content (AvgIpc) is 2.15. The lowest BCUT2D eigenvalue weighted by Gasteiger charge is -2.14. The predicted octanol–water partition coefficient (Wildman–Crippen LogP) is 2.68. The molecule has 1 unspecified atom stereocenters. The van der Waals surface area contributed by atoms with Crippen LogP contribution in [0.5, 0.6) is 0 Å². The summed E-state index contributed by atoms with van der Waals surface area (Å²) in [7, 11) is 2.02. The van der Waals surface area contributed by atoms with Crippen LogP contribution in [0.4, 0.5) is 0 Å². The molecular weight excluding hydrogens is 174 g/mol. The molecule has 0 aliphatic carbocycles. The van der Waals surface area contributed by atoms with Crippen LogP contribution in [-0.2, 0) is 4.74 Å². The van der Waals surface area contributed by atoms with Crippen molar-refractivity contribution in [2.24, 2.45) is 11.8 Å². The summed E-state index contributed by atoms with van der Waals surface area (Å²) < 4.78 is 5.60. The van der Waals surface area contributed by atoms with Gasteiger partial charge in [-0.25, -0.2) is 0 Å². The first-order valence-corrected chi connectivity index (χ1v) is 5.93. The number of rotatable bonds is 9. The molecule has 0 radical (unpaired) electrons. The van der Waals surface area contributed by atoms with Gasteiger partial charge in [0.1, 0.15) is 0 Å². The molecule has 0 fully saturated rings. The molecule has 0 aromatic rings. The summed E-state index contributed by atoms with van der Waals surface area (Å²) in [5.41, 5.74) is 0. The molecule has 0 aliphatic rings. The van der Waals surface area contributed by atoms with Crippen molar-refractivity contribution in [1.29, 1.82) is 0 Å². The molecule has 0 aromatic carbocycles. The summed E-state index contributed by atoms with van der Waals surface area (Å²) in [5.74, 6) is 1.54. The van der Waals surface area contributed by atoms with Gasteiger partial charge in [0.2, 0.25) is 0 Å². The SMILES string of the molecule is CCC(CCOCCC(C)C)CNC. The minimum Gasteiger partial charge on any atom is -0.381 e. The Morgan fingerprint density at radius 1 is 1.14 bits per heavy atom. The zero-order chi connectivity index (χ0) is 10.8. The van der Waals surface area contributed by atoms with Gasteiger partial charge >= 0.3 is 0 Å². The van der Waals surface area contributed by atoms with E-state index in [2.05, 4.69) is 26.1 Å². The van der Waals surface area contributed by atoms with E-state index in [-0.39, 0.29) is 0 Å². The zero-order valence-electron chi connectivity index (χ0n) is 10.3. The molecule has 86 valence electrons. The number of hydrogen-bond acceptors (Lipinski definition) is 2. The first kappa shape index (κ1) is 13.9. The van der Waals surface area contributed by atoms with E-state index in [1.807, 2.05) is 7.05 Å². The average molecular weight is 201 g/mol. The maximum absolute atomic E-state index is 5.60. The maximum Gasteiger partial charge on any atom is 0.0469 e. The van der Waals surface area contributed by atoms with Gasteiger partial charge in [-0.2, -0.15) is 0 Å². The summed E-state index contributed by atoms with van der Waals surface area (Å²) >= 11 is 0. The van der Waals surface area contributed by atoms with E-state index in [1.54, 1.807) is 0 Å². The van der Waals surface area contributed by atoms with Gasteiger partial charge in [-0.3, -0.25) is 0 Å². The molecule has 2 heteroatoms. The number of hydrogen-bond donors (Lipinski definition) is 1. The van der Waals surface area contributed by atoms with Crippen molar-refractivity contribution in [3.63, 3.8) is 0 Å². The van der Waals surface area contributed by atoms with E-state index in [0.29, 0.717) is 0 Å². The second-order valence-electron chi connectivity index (χ2n) is 4.42. The van der Waals surface area contributed by atoms with Crippen LogP contribution in [0, 0.1) is 11.8 Å². The minimum absolute atomic E-state index is 0.759. The van der Waals surface area contributed by atoms with Gasteiger partial charge < -0.3 is 10.1 Å². The Labute approximate surface area is 89.4 Å². The largest absolute Gasteiger partial charge is 0.381 e. The summed E-state index contributed by atoms with van der Waals surface area (Å²) in [6.45, 7) is 9.68. The fourth-order valence-corrected chi connectivity index (χ4v) is 1.41. The molecule has 0 aliphatic heterocycles. The van der Waals surface area contributed by atoms with Crippen molar-refractivity contribution in [1.82, 2.24) is 5.32 Å². The summed E-state index contributed by atoms with van der Waals surface area (Å²) in [5, 5.41) is 3.22. The molecule has 1 N–H and O–H groups in total. The Morgan fingerprint density at radius 2 is 1.79 bits per heavy atom. The van der Waals surface area contributed by atoms with Crippen LogP contribution in [0.25, 0.3) is 0 Å². The Hall–Kier alpha value is -0.0800. The monoisotopic (exact) mass is 201 g/mol. The molecule has 14 heavy (non-hydrogen) atoms. The quantitative estimate of drug-likeness (QED) is 0.579. The molecule has 0 saturated carbocycles. The highest BCUT2D eigenvalue weighted by atomic mass is 16.5. The topological polar surface area (TPSA) is 21.3 Å². The first-order valence-electron chi connectivity index (χ1n) is 5.93. The van der Waals surface area contributed by atoms with Crippen molar-refractivity contribution < 1.29 is 4.74 Å². The van der Waals surface area contributed by atoms with Crippen molar-refractivity contribution >= 4 is 0 Å². The van der Waals surface area contributed by atoms with Gasteiger partial charge in [-0.1, -0.05) is 27.2 Å². The third-order valence-corrected chi connectivity index (χ3v) is 2.58. The van der Waals surface area contributed by atoms with Gasteiger partial charge in [-0.15, -0.1) is 0 Å². The van der Waals surface area contributed by atoms with Crippen LogP contribution < -0.4 is 5.32 Å². The third kappa shape index (κ3) is 8.52. The van der Waals surface area contributed by atoms with Crippen LogP contribution >= 0.6 is 0 Å². The van der Waals surface area contributed by atoms with Crippen LogP contribution in [0.15, 0.2) is 0 Å². The van der Waals surface area contributed by atoms with Crippen molar-refractivity contribution in [3.8, 4) is 0 Å². The normalized spacial score (nSPS) is 13.5. The summed E-state index contributed by atoms with van der Waals surface area (Å²) in [6.07, 6.45) is 3.62. The fourth-order valence-electron chi connectivity index (χ4n) is 1.41. The fraction of sp³-hybridized carbons (Fsp3) is 1.00. The smallest absolute Gasteiger partial charge is 0.0469 e. The van der Waals surface area contributed by atoms with Crippen molar-refractivity contribution in [3.05, 3.63) is 0 Å². The standard InChI is InChI=1S/C12H27NO/c1-5-12(10-13-4)7-9-14-8-6-11(2)3/h11-13H,5-10H2,1-4H3. The van der Waals surface area contributed by atoms with E-state index >= 15 is 0 Å². The second-order valence-corrected chi connectivity index (χ2v) is 4.42. The van der Waals surface area contributed by atoms with Gasteiger partial charge in [0.15, 0.2) is 0 Å². The molecule has 0 bridgehead atoms. The van der Waals surface area contributed by atoms with Gasteiger partial charge in [0, 0.05) is 13.2 Å². The molecule has 0 aromatic heterocycles. The summed E-state index contributed by atoms with van der Waals surface area (Å²) in [6, 6.07) is 0. The van der Waals surface area contributed by atoms with E-state index in [1.165, 1.54) is 19.3 Å². The molecular formula is C12H27NO. The Kier molecular flexibility index (Phi) is 9.42. The Bertz CT molecular complexity index is 115. The molecule has 0 saturated heterocycles. The van der Waals surface area contributed by atoms with Crippen LogP contribution in [-0.4, -0.2) is 26.8 Å². The highest BCUT2D eigenvalue weighted by Crippen LogP contribution is 2.07. The van der Waals surface area contributed by atoms with E-state index in [4.69, 9.17) is 4.74 Å². The molecule has 2 nitrogen and oxygen atoms in total. The predicted molar refractivity (Wildman–Crippen MR) is 62.6 cm³/mol. The Morgan fingerprint density at radius 3 is 2.29 bits per heavy atom. The molecule has 0 rings (SSSR count). The van der Waals surface area contributed by atoms with Gasteiger partial charge in [0.25, 0.3) is 0 Å². The molecule has 0 heterocycles. The minimum atomic E-state index is 0.759. The van der Waals surface area contributed by atoms with Crippen molar-refractivity contribution in [2.75, 3.05) is 26.8 Å². The van der Waals surface area contributed by atoms with Gasteiger partial charge in [0.05, 0.1) is 0 Å². The lowest BCUT2D eigenvalue weighted by molar-refractivity contribution is 0.110. The van der Waals surface area contributed by atoms with E-state index < -0.39 is 0 Å². The zero-order valence-corrected chi connectivity index (χ0v) is 10.3. The molecule has 0 amide bonds. The van der Waals surface area contributed by atoms with E-state index in [0.717, 1.165) is 31.6 Å². The Balaban J connectivity index is 3.24. The molecule has 0 spiro atoms. The first-order chi connectivity index (χ1) is 6.70. The highest BCUT2D eigenvalue weighted by Gasteiger charge is 2.04. The third-order valence-electron chi connectivity index (χ3n) is 2.58. The summed E-state index contributed by atoms with van der Waals surface area (Å²) in [4.78, 5) is 0. The highest BCUT2D eigenvalue weighted by molar-refractivity contribution is 4.58. The van der Waals surface area contributed by atoms with Crippen LogP contribution in [0.1, 0.15) is 40.0 Å². The van der Waals surface area contributed by atoms with Crippen LogP contribution in [0.2, 0.25) is 0 Å². The molecule has 1 atom stereocenters. The van der Waals surface area contributed by atoms with Crippen molar-refractivity contribution in [2.45, 2.75) is 40.0 Å². The number of nitrogens with one attached hydrogen (secondary N) is 1. The van der Waals surface area contributed by atoms with E-state index in [9.17, 15) is 0 Å². The lowest BCUT2D eigenvalue weighted by Crippen LogP contribution is -2.19. The second kappa shape index (κ2) is 9.47. The number of ether oxygens (including phenoxy) is 1. The van der Waals surface area contributed by atoms with Gasteiger partial charge in [-0.05, 0) is 38.3 Å². The maximum atomic E-state index is 5.60.